The molecule has 0 fully saturated rings. The van der Waals surface area contributed by atoms with Crippen LogP contribution in [0.15, 0.2) is 48.5 Å². The van der Waals surface area contributed by atoms with Gasteiger partial charge in [-0.05, 0) is 42.7 Å². The molecule has 2 aromatic carbocycles. The van der Waals surface area contributed by atoms with Crippen LogP contribution in [-0.4, -0.2) is 6.61 Å². The molecule has 0 aliphatic rings. The Morgan fingerprint density at radius 3 is 2.45 bits per heavy atom. The SMILES string of the molecule is Cc1cccc(CNc2ccc(OCC(C)C)cc2)c1. The minimum Gasteiger partial charge on any atom is -0.493 e. The Balaban J connectivity index is 1.87. The Morgan fingerprint density at radius 1 is 1.05 bits per heavy atom. The summed E-state index contributed by atoms with van der Waals surface area (Å²) in [4.78, 5) is 0. The van der Waals surface area contributed by atoms with Gasteiger partial charge in [-0.3, -0.25) is 0 Å². The molecule has 0 saturated carbocycles. The number of hydrogen-bond donors (Lipinski definition) is 1. The summed E-state index contributed by atoms with van der Waals surface area (Å²) in [5.41, 5.74) is 3.70. The van der Waals surface area contributed by atoms with Crippen molar-refractivity contribution in [2.45, 2.75) is 27.3 Å². The van der Waals surface area contributed by atoms with Crippen LogP contribution < -0.4 is 10.1 Å². The van der Waals surface area contributed by atoms with E-state index in [9.17, 15) is 0 Å². The molecule has 0 bridgehead atoms. The number of anilines is 1. The first-order valence-corrected chi connectivity index (χ1v) is 7.16. The second-order valence-corrected chi connectivity index (χ2v) is 5.57. The molecule has 0 atom stereocenters. The van der Waals surface area contributed by atoms with Gasteiger partial charge in [-0.15, -0.1) is 0 Å². The molecule has 0 aliphatic heterocycles. The predicted octanol–water partition coefficient (Wildman–Crippen LogP) is 4.64. The first-order chi connectivity index (χ1) is 9.63. The highest BCUT2D eigenvalue weighted by Crippen LogP contribution is 2.17. The Labute approximate surface area is 121 Å². The van der Waals surface area contributed by atoms with Crippen LogP contribution in [-0.2, 0) is 6.54 Å². The highest BCUT2D eigenvalue weighted by molar-refractivity contribution is 5.46. The molecule has 20 heavy (non-hydrogen) atoms. The van der Waals surface area contributed by atoms with E-state index in [4.69, 9.17) is 4.74 Å². The second-order valence-electron chi connectivity index (χ2n) is 5.57. The summed E-state index contributed by atoms with van der Waals surface area (Å²) >= 11 is 0. The third-order valence-corrected chi connectivity index (χ3v) is 3.02. The summed E-state index contributed by atoms with van der Waals surface area (Å²) in [6.07, 6.45) is 0. The van der Waals surface area contributed by atoms with Crippen molar-refractivity contribution < 1.29 is 4.74 Å². The molecule has 2 nitrogen and oxygen atoms in total. The smallest absolute Gasteiger partial charge is 0.119 e. The fourth-order valence-electron chi connectivity index (χ4n) is 1.96. The predicted molar refractivity (Wildman–Crippen MR) is 85.3 cm³/mol. The van der Waals surface area contributed by atoms with E-state index in [0.29, 0.717) is 5.92 Å². The van der Waals surface area contributed by atoms with E-state index in [0.717, 1.165) is 24.6 Å². The summed E-state index contributed by atoms with van der Waals surface area (Å²) in [6.45, 7) is 8.02. The van der Waals surface area contributed by atoms with E-state index < -0.39 is 0 Å². The molecule has 2 aromatic rings. The fraction of sp³-hybridized carbons (Fsp3) is 0.333. The van der Waals surface area contributed by atoms with Gasteiger partial charge in [0.05, 0.1) is 6.61 Å². The Morgan fingerprint density at radius 2 is 1.80 bits per heavy atom. The Hall–Kier alpha value is -1.96. The molecule has 0 aromatic heterocycles. The van der Waals surface area contributed by atoms with Gasteiger partial charge in [-0.1, -0.05) is 43.7 Å². The molecule has 0 unspecified atom stereocenters. The van der Waals surface area contributed by atoms with E-state index in [1.165, 1.54) is 11.1 Å². The van der Waals surface area contributed by atoms with Crippen LogP contribution in [0.5, 0.6) is 5.75 Å². The monoisotopic (exact) mass is 269 g/mol. The van der Waals surface area contributed by atoms with Crippen LogP contribution in [0, 0.1) is 12.8 Å². The largest absolute Gasteiger partial charge is 0.493 e. The van der Waals surface area contributed by atoms with Gasteiger partial charge in [0.1, 0.15) is 5.75 Å². The van der Waals surface area contributed by atoms with Crippen molar-refractivity contribution in [1.29, 1.82) is 0 Å². The van der Waals surface area contributed by atoms with Crippen molar-refractivity contribution in [3.8, 4) is 5.75 Å². The molecule has 2 rings (SSSR count). The van der Waals surface area contributed by atoms with Gasteiger partial charge in [-0.2, -0.15) is 0 Å². The topological polar surface area (TPSA) is 21.3 Å². The minimum atomic E-state index is 0.550. The van der Waals surface area contributed by atoms with Gasteiger partial charge in [0.2, 0.25) is 0 Å². The van der Waals surface area contributed by atoms with Crippen LogP contribution in [0.4, 0.5) is 5.69 Å². The number of hydrogen-bond acceptors (Lipinski definition) is 2. The van der Waals surface area contributed by atoms with Crippen LogP contribution in [0.2, 0.25) is 0 Å². The van der Waals surface area contributed by atoms with Crippen molar-refractivity contribution in [2.24, 2.45) is 5.92 Å². The third kappa shape index (κ3) is 4.61. The maximum Gasteiger partial charge on any atom is 0.119 e. The fourth-order valence-corrected chi connectivity index (χ4v) is 1.96. The van der Waals surface area contributed by atoms with E-state index in [-0.39, 0.29) is 0 Å². The van der Waals surface area contributed by atoms with Gasteiger partial charge in [0.15, 0.2) is 0 Å². The molecule has 106 valence electrons. The lowest BCUT2D eigenvalue weighted by Crippen LogP contribution is -2.04. The first kappa shape index (κ1) is 14.4. The average Bonchev–Trinajstić information content (AvgIpc) is 2.44. The Bertz CT molecular complexity index is 531. The number of rotatable bonds is 6. The lowest BCUT2D eigenvalue weighted by Gasteiger charge is -2.10. The number of aryl methyl sites for hydroxylation is 1. The maximum absolute atomic E-state index is 5.67. The van der Waals surface area contributed by atoms with Crippen LogP contribution in [0.1, 0.15) is 25.0 Å². The zero-order chi connectivity index (χ0) is 14.4. The van der Waals surface area contributed by atoms with E-state index >= 15 is 0 Å². The van der Waals surface area contributed by atoms with Crippen LogP contribution in [0.25, 0.3) is 0 Å². The molecule has 0 amide bonds. The average molecular weight is 269 g/mol. The quantitative estimate of drug-likeness (QED) is 0.824. The summed E-state index contributed by atoms with van der Waals surface area (Å²) in [6, 6.07) is 16.7. The summed E-state index contributed by atoms with van der Waals surface area (Å²) in [5, 5.41) is 3.42. The molecule has 0 heterocycles. The van der Waals surface area contributed by atoms with Crippen molar-refractivity contribution in [3.05, 3.63) is 59.7 Å². The van der Waals surface area contributed by atoms with Gasteiger partial charge < -0.3 is 10.1 Å². The van der Waals surface area contributed by atoms with Crippen LogP contribution >= 0.6 is 0 Å². The molecule has 0 spiro atoms. The molecule has 0 radical (unpaired) electrons. The lowest BCUT2D eigenvalue weighted by molar-refractivity contribution is 0.271. The van der Waals surface area contributed by atoms with E-state index in [1.807, 2.05) is 12.1 Å². The number of benzene rings is 2. The van der Waals surface area contributed by atoms with Gasteiger partial charge >= 0.3 is 0 Å². The summed E-state index contributed by atoms with van der Waals surface area (Å²) in [5.74, 6) is 1.48. The molecule has 1 N–H and O–H groups in total. The first-order valence-electron chi connectivity index (χ1n) is 7.16. The standard InChI is InChI=1S/C18H23NO/c1-14(2)13-20-18-9-7-17(8-10-18)19-12-16-6-4-5-15(3)11-16/h4-11,14,19H,12-13H2,1-3H3. The normalized spacial score (nSPS) is 10.6. The molecule has 0 aliphatic carbocycles. The maximum atomic E-state index is 5.67. The molecule has 0 saturated heterocycles. The zero-order valence-corrected chi connectivity index (χ0v) is 12.5. The van der Waals surface area contributed by atoms with Crippen molar-refractivity contribution in [3.63, 3.8) is 0 Å². The van der Waals surface area contributed by atoms with Crippen molar-refractivity contribution in [2.75, 3.05) is 11.9 Å². The second kappa shape index (κ2) is 6.99. The highest BCUT2D eigenvalue weighted by Gasteiger charge is 1.98. The zero-order valence-electron chi connectivity index (χ0n) is 12.5. The van der Waals surface area contributed by atoms with E-state index in [2.05, 4.69) is 62.5 Å². The van der Waals surface area contributed by atoms with E-state index in [1.54, 1.807) is 0 Å². The summed E-state index contributed by atoms with van der Waals surface area (Å²) < 4.78 is 5.67. The number of ether oxygens (including phenoxy) is 1. The van der Waals surface area contributed by atoms with Crippen LogP contribution in [0.3, 0.4) is 0 Å². The van der Waals surface area contributed by atoms with Crippen molar-refractivity contribution >= 4 is 5.69 Å². The molecule has 2 heteroatoms. The van der Waals surface area contributed by atoms with Gasteiger partial charge in [0.25, 0.3) is 0 Å². The highest BCUT2D eigenvalue weighted by atomic mass is 16.5. The molecular formula is C18H23NO. The third-order valence-electron chi connectivity index (χ3n) is 3.02. The van der Waals surface area contributed by atoms with Gasteiger partial charge in [0, 0.05) is 12.2 Å². The summed E-state index contributed by atoms with van der Waals surface area (Å²) in [7, 11) is 0. The van der Waals surface area contributed by atoms with Gasteiger partial charge in [-0.25, -0.2) is 0 Å². The Kier molecular flexibility index (Phi) is 5.05. The lowest BCUT2D eigenvalue weighted by atomic mass is 10.1. The number of nitrogens with one attached hydrogen (secondary N) is 1. The molecular weight excluding hydrogens is 246 g/mol. The minimum absolute atomic E-state index is 0.550. The van der Waals surface area contributed by atoms with Crippen molar-refractivity contribution in [1.82, 2.24) is 0 Å².